The molecule has 29 heavy (non-hydrogen) atoms. The predicted molar refractivity (Wildman–Crippen MR) is 111 cm³/mol. The summed E-state index contributed by atoms with van der Waals surface area (Å²) in [5, 5.41) is 21.2. The molecular formula is C19H30N4O5S. The molecule has 0 aromatic heterocycles. The molecule has 2 aliphatic heterocycles. The van der Waals surface area contributed by atoms with Crippen molar-refractivity contribution in [3.63, 3.8) is 0 Å². The number of nitro groups is 1. The topological polar surface area (TPSA) is 107 Å². The van der Waals surface area contributed by atoms with Gasteiger partial charge in [0, 0.05) is 51.9 Å². The molecule has 1 atom stereocenters. The number of nitrogens with zero attached hydrogens (tertiary/aromatic N) is 4. The predicted octanol–water partition coefficient (Wildman–Crippen LogP) is 1.66. The van der Waals surface area contributed by atoms with Crippen molar-refractivity contribution in [3.05, 3.63) is 28.3 Å². The summed E-state index contributed by atoms with van der Waals surface area (Å²) in [4.78, 5) is 15.2. The zero-order chi connectivity index (χ0) is 21.0. The molecule has 2 aliphatic rings. The van der Waals surface area contributed by atoms with E-state index >= 15 is 0 Å². The molecule has 1 aromatic rings. The minimum absolute atomic E-state index is 0.0115. The van der Waals surface area contributed by atoms with Crippen molar-refractivity contribution in [2.24, 2.45) is 0 Å². The number of hydrogen-bond donors (Lipinski definition) is 1. The first-order chi connectivity index (χ1) is 13.8. The van der Waals surface area contributed by atoms with Crippen LogP contribution in [0.25, 0.3) is 0 Å². The van der Waals surface area contributed by atoms with Crippen LogP contribution in [-0.4, -0.2) is 79.6 Å². The third-order valence-corrected chi connectivity index (χ3v) is 7.48. The van der Waals surface area contributed by atoms with Crippen LogP contribution in [0.3, 0.4) is 0 Å². The lowest BCUT2D eigenvalue weighted by atomic mass is 10.2. The van der Waals surface area contributed by atoms with Crippen molar-refractivity contribution in [1.29, 1.82) is 0 Å². The number of anilines is 1. The second-order valence-corrected chi connectivity index (χ2v) is 9.80. The highest BCUT2D eigenvalue weighted by Gasteiger charge is 2.30. The van der Waals surface area contributed by atoms with E-state index in [0.29, 0.717) is 51.5 Å². The monoisotopic (exact) mass is 426 g/mol. The van der Waals surface area contributed by atoms with Gasteiger partial charge in [-0.3, -0.25) is 15.0 Å². The van der Waals surface area contributed by atoms with E-state index in [1.807, 2.05) is 4.90 Å². The van der Waals surface area contributed by atoms with Crippen molar-refractivity contribution in [2.75, 3.05) is 50.7 Å². The van der Waals surface area contributed by atoms with Crippen molar-refractivity contribution < 1.29 is 18.4 Å². The summed E-state index contributed by atoms with van der Waals surface area (Å²) < 4.78 is 27.5. The van der Waals surface area contributed by atoms with Crippen LogP contribution in [0.5, 0.6) is 0 Å². The SMILES string of the molecule is CC(O)CN1CCN(c2ccc(S(=O)(=O)N3CCCCCC3)cc2[N+](=O)[O-])CC1. The van der Waals surface area contributed by atoms with Crippen molar-refractivity contribution >= 4 is 21.4 Å². The highest BCUT2D eigenvalue weighted by Crippen LogP contribution is 2.33. The van der Waals surface area contributed by atoms with Gasteiger partial charge in [0.1, 0.15) is 5.69 Å². The van der Waals surface area contributed by atoms with Crippen molar-refractivity contribution in [3.8, 4) is 0 Å². The first kappa shape index (κ1) is 21.9. The quantitative estimate of drug-likeness (QED) is 0.544. The summed E-state index contributed by atoms with van der Waals surface area (Å²) in [5.74, 6) is 0. The number of aliphatic hydroxyl groups is 1. The Balaban J connectivity index is 1.82. The number of hydrogen-bond acceptors (Lipinski definition) is 7. The molecular weight excluding hydrogens is 396 g/mol. The van der Waals surface area contributed by atoms with Crippen molar-refractivity contribution in [1.82, 2.24) is 9.21 Å². The van der Waals surface area contributed by atoms with E-state index in [1.54, 1.807) is 13.0 Å². The summed E-state index contributed by atoms with van der Waals surface area (Å²) in [7, 11) is -3.74. The third kappa shape index (κ3) is 5.25. The van der Waals surface area contributed by atoms with Gasteiger partial charge in [-0.1, -0.05) is 12.8 Å². The molecule has 2 saturated heterocycles. The van der Waals surface area contributed by atoms with Crippen LogP contribution in [0.1, 0.15) is 32.6 Å². The molecule has 0 radical (unpaired) electrons. The number of piperazine rings is 1. The first-order valence-corrected chi connectivity index (χ1v) is 11.7. The molecule has 2 heterocycles. The van der Waals surface area contributed by atoms with Gasteiger partial charge >= 0.3 is 0 Å². The van der Waals surface area contributed by atoms with Gasteiger partial charge in [0.05, 0.1) is 15.9 Å². The summed E-state index contributed by atoms with van der Waals surface area (Å²) in [6, 6.07) is 4.26. The van der Waals surface area contributed by atoms with Crippen molar-refractivity contribution in [2.45, 2.75) is 43.6 Å². The molecule has 0 saturated carbocycles. The fraction of sp³-hybridized carbons (Fsp3) is 0.684. The average molecular weight is 427 g/mol. The number of benzene rings is 1. The molecule has 1 aromatic carbocycles. The molecule has 0 spiro atoms. The van der Waals surface area contributed by atoms with Crippen LogP contribution < -0.4 is 4.90 Å². The lowest BCUT2D eigenvalue weighted by Crippen LogP contribution is -2.48. The molecule has 9 nitrogen and oxygen atoms in total. The van der Waals surface area contributed by atoms with Gasteiger partial charge in [0.2, 0.25) is 10.0 Å². The first-order valence-electron chi connectivity index (χ1n) is 10.2. The Hall–Kier alpha value is -1.75. The largest absolute Gasteiger partial charge is 0.392 e. The molecule has 0 bridgehead atoms. The Morgan fingerprint density at radius 3 is 2.24 bits per heavy atom. The minimum Gasteiger partial charge on any atom is -0.392 e. The number of rotatable bonds is 6. The van der Waals surface area contributed by atoms with Gasteiger partial charge in [-0.2, -0.15) is 4.31 Å². The average Bonchev–Trinajstić information content (AvgIpc) is 2.98. The Labute approximate surface area is 172 Å². The van der Waals surface area contributed by atoms with E-state index in [-0.39, 0.29) is 10.6 Å². The van der Waals surface area contributed by atoms with E-state index in [2.05, 4.69) is 4.90 Å². The summed E-state index contributed by atoms with van der Waals surface area (Å²) in [6.45, 7) is 5.79. The van der Waals surface area contributed by atoms with Crippen LogP contribution in [-0.2, 0) is 10.0 Å². The molecule has 0 amide bonds. The highest BCUT2D eigenvalue weighted by molar-refractivity contribution is 7.89. The fourth-order valence-electron chi connectivity index (χ4n) is 4.05. The Morgan fingerprint density at radius 2 is 1.69 bits per heavy atom. The van der Waals surface area contributed by atoms with E-state index in [9.17, 15) is 23.6 Å². The maximum absolute atomic E-state index is 13.0. The Bertz CT molecular complexity index is 814. The van der Waals surface area contributed by atoms with Crippen LogP contribution in [0.2, 0.25) is 0 Å². The summed E-state index contributed by atoms with van der Waals surface area (Å²) in [6.07, 6.45) is 3.23. The summed E-state index contributed by atoms with van der Waals surface area (Å²) in [5.41, 5.74) is 0.270. The molecule has 10 heteroatoms. The highest BCUT2D eigenvalue weighted by atomic mass is 32.2. The van der Waals surface area contributed by atoms with Gasteiger partial charge in [-0.25, -0.2) is 8.42 Å². The standard InChI is InChI=1S/C19H30N4O5S/c1-16(24)15-20-10-12-21(13-11-20)18-7-6-17(14-19(18)23(25)26)29(27,28)22-8-4-2-3-5-9-22/h6-7,14,16,24H,2-5,8-13,15H2,1H3. The zero-order valence-electron chi connectivity index (χ0n) is 16.9. The molecule has 1 N–H and O–H groups in total. The van der Waals surface area contributed by atoms with Gasteiger partial charge in [0.25, 0.3) is 5.69 Å². The van der Waals surface area contributed by atoms with Gasteiger partial charge < -0.3 is 10.0 Å². The van der Waals surface area contributed by atoms with E-state index in [0.717, 1.165) is 25.7 Å². The Kier molecular flexibility index (Phi) is 7.10. The molecule has 162 valence electrons. The second-order valence-electron chi connectivity index (χ2n) is 7.86. The van der Waals surface area contributed by atoms with Crippen LogP contribution >= 0.6 is 0 Å². The smallest absolute Gasteiger partial charge is 0.293 e. The molecule has 3 rings (SSSR count). The normalized spacial score (nSPS) is 21.0. The molecule has 2 fully saturated rings. The number of β-amino-alcohol motifs (C(OH)–C–C–N with tert-alkyl or cyclic N) is 1. The maximum atomic E-state index is 13.0. The van der Waals surface area contributed by atoms with E-state index in [1.165, 1.54) is 16.4 Å². The van der Waals surface area contributed by atoms with E-state index < -0.39 is 21.1 Å². The third-order valence-electron chi connectivity index (χ3n) is 5.58. The molecule has 0 aliphatic carbocycles. The zero-order valence-corrected chi connectivity index (χ0v) is 17.7. The van der Waals surface area contributed by atoms with Gasteiger partial charge in [-0.05, 0) is 31.9 Å². The Morgan fingerprint density at radius 1 is 1.07 bits per heavy atom. The van der Waals surface area contributed by atoms with Crippen LogP contribution in [0.15, 0.2) is 23.1 Å². The van der Waals surface area contributed by atoms with Gasteiger partial charge in [-0.15, -0.1) is 0 Å². The molecule has 1 unspecified atom stereocenters. The lowest BCUT2D eigenvalue weighted by Gasteiger charge is -2.36. The van der Waals surface area contributed by atoms with Crippen LogP contribution in [0.4, 0.5) is 11.4 Å². The maximum Gasteiger partial charge on any atom is 0.293 e. The fourth-order valence-corrected chi connectivity index (χ4v) is 5.59. The lowest BCUT2D eigenvalue weighted by molar-refractivity contribution is -0.384. The summed E-state index contributed by atoms with van der Waals surface area (Å²) >= 11 is 0. The van der Waals surface area contributed by atoms with Crippen LogP contribution in [0, 0.1) is 10.1 Å². The number of nitro benzene ring substituents is 1. The number of aliphatic hydroxyl groups excluding tert-OH is 1. The minimum atomic E-state index is -3.74. The number of sulfonamides is 1. The van der Waals surface area contributed by atoms with E-state index in [4.69, 9.17) is 0 Å². The van der Waals surface area contributed by atoms with Gasteiger partial charge in [0.15, 0.2) is 0 Å². The second kappa shape index (κ2) is 9.38.